The lowest BCUT2D eigenvalue weighted by Crippen LogP contribution is -2.27. The van der Waals surface area contributed by atoms with Crippen molar-refractivity contribution >= 4 is 5.91 Å². The van der Waals surface area contributed by atoms with E-state index < -0.39 is 0 Å². The quantitative estimate of drug-likeness (QED) is 0.708. The van der Waals surface area contributed by atoms with E-state index in [4.69, 9.17) is 0 Å². The van der Waals surface area contributed by atoms with Gasteiger partial charge in [-0.1, -0.05) is 26.0 Å². The first-order valence-electron chi connectivity index (χ1n) is 6.35. The summed E-state index contributed by atoms with van der Waals surface area (Å²) in [6.07, 6.45) is 1.97. The lowest BCUT2D eigenvalue weighted by Gasteiger charge is -2.06. The van der Waals surface area contributed by atoms with Crippen molar-refractivity contribution in [2.45, 2.75) is 26.7 Å². The number of carbonyl (C=O) groups is 1. The van der Waals surface area contributed by atoms with Gasteiger partial charge >= 0.3 is 0 Å². The Morgan fingerprint density at radius 3 is 2.41 bits per heavy atom. The average molecular weight is 234 g/mol. The molecule has 2 N–H and O–H groups in total. The highest BCUT2D eigenvalue weighted by atomic mass is 16.1. The summed E-state index contributed by atoms with van der Waals surface area (Å²) in [6.45, 7) is 6.84. The summed E-state index contributed by atoms with van der Waals surface area (Å²) in [4.78, 5) is 11.7. The third-order valence-electron chi connectivity index (χ3n) is 2.69. The van der Waals surface area contributed by atoms with E-state index in [0.717, 1.165) is 38.0 Å². The van der Waals surface area contributed by atoms with E-state index in [1.54, 1.807) is 0 Å². The Balaban J connectivity index is 2.31. The van der Waals surface area contributed by atoms with Crippen LogP contribution < -0.4 is 10.6 Å². The first-order chi connectivity index (χ1) is 8.27. The van der Waals surface area contributed by atoms with E-state index in [2.05, 4.69) is 24.5 Å². The normalized spacial score (nSPS) is 10.2. The average Bonchev–Trinajstić information content (AvgIpc) is 2.38. The van der Waals surface area contributed by atoms with Crippen LogP contribution in [0, 0.1) is 0 Å². The van der Waals surface area contributed by atoms with Gasteiger partial charge in [0.2, 0.25) is 0 Å². The van der Waals surface area contributed by atoms with E-state index in [1.807, 2.05) is 24.3 Å². The second kappa shape index (κ2) is 7.85. The fourth-order valence-corrected chi connectivity index (χ4v) is 1.59. The van der Waals surface area contributed by atoms with Crippen LogP contribution in [0.3, 0.4) is 0 Å². The van der Waals surface area contributed by atoms with Crippen molar-refractivity contribution in [1.82, 2.24) is 10.6 Å². The highest BCUT2D eigenvalue weighted by Gasteiger charge is 2.03. The Morgan fingerprint density at radius 1 is 1.12 bits per heavy atom. The largest absolute Gasteiger partial charge is 0.352 e. The van der Waals surface area contributed by atoms with Crippen LogP contribution in [-0.2, 0) is 6.42 Å². The maximum atomic E-state index is 11.7. The summed E-state index contributed by atoms with van der Waals surface area (Å²) in [6, 6.07) is 7.79. The lowest BCUT2D eigenvalue weighted by molar-refractivity contribution is 0.0953. The molecular formula is C14H22N2O. The summed E-state index contributed by atoms with van der Waals surface area (Å²) in [7, 11) is 0. The number of nitrogens with one attached hydrogen (secondary N) is 2. The van der Waals surface area contributed by atoms with Crippen LogP contribution >= 0.6 is 0 Å². The molecule has 0 heterocycles. The molecule has 0 atom stereocenters. The van der Waals surface area contributed by atoms with Crippen molar-refractivity contribution in [2.24, 2.45) is 0 Å². The zero-order valence-corrected chi connectivity index (χ0v) is 10.8. The van der Waals surface area contributed by atoms with Gasteiger partial charge in [0.1, 0.15) is 0 Å². The van der Waals surface area contributed by atoms with E-state index in [9.17, 15) is 4.79 Å². The number of carbonyl (C=O) groups excluding carboxylic acids is 1. The third kappa shape index (κ3) is 5.00. The minimum absolute atomic E-state index is 0.0177. The van der Waals surface area contributed by atoms with Gasteiger partial charge in [-0.25, -0.2) is 0 Å². The lowest BCUT2D eigenvalue weighted by atomic mass is 10.1. The molecule has 0 spiro atoms. The van der Waals surface area contributed by atoms with Crippen molar-refractivity contribution in [1.29, 1.82) is 0 Å². The Morgan fingerprint density at radius 2 is 1.82 bits per heavy atom. The minimum Gasteiger partial charge on any atom is -0.352 e. The van der Waals surface area contributed by atoms with Crippen molar-refractivity contribution < 1.29 is 4.79 Å². The van der Waals surface area contributed by atoms with Crippen LogP contribution in [0.1, 0.15) is 36.2 Å². The predicted octanol–water partition coefficient (Wildman–Crippen LogP) is 1.98. The van der Waals surface area contributed by atoms with Gasteiger partial charge in [-0.15, -0.1) is 0 Å². The van der Waals surface area contributed by atoms with Gasteiger partial charge in [-0.05, 0) is 43.6 Å². The molecule has 0 aliphatic rings. The monoisotopic (exact) mass is 234 g/mol. The van der Waals surface area contributed by atoms with Crippen molar-refractivity contribution in [2.75, 3.05) is 19.6 Å². The molecule has 0 fully saturated rings. The van der Waals surface area contributed by atoms with Crippen LogP contribution in [0.15, 0.2) is 24.3 Å². The molecule has 0 unspecified atom stereocenters. The van der Waals surface area contributed by atoms with Crippen LogP contribution in [0.25, 0.3) is 0 Å². The Bertz CT molecular complexity index is 333. The summed E-state index contributed by atoms with van der Waals surface area (Å²) >= 11 is 0. The van der Waals surface area contributed by atoms with Crippen molar-refractivity contribution in [3.05, 3.63) is 35.4 Å². The van der Waals surface area contributed by atoms with E-state index in [1.165, 1.54) is 5.56 Å². The van der Waals surface area contributed by atoms with Crippen LogP contribution in [0.2, 0.25) is 0 Å². The second-order valence-corrected chi connectivity index (χ2v) is 4.01. The Labute approximate surface area is 104 Å². The molecular weight excluding hydrogens is 212 g/mol. The minimum atomic E-state index is 0.0177. The smallest absolute Gasteiger partial charge is 0.251 e. The molecule has 1 rings (SSSR count). The summed E-state index contributed by atoms with van der Waals surface area (Å²) in [5.41, 5.74) is 2.00. The number of rotatable bonds is 7. The molecule has 0 aliphatic carbocycles. The highest BCUT2D eigenvalue weighted by Crippen LogP contribution is 2.04. The molecule has 3 heteroatoms. The van der Waals surface area contributed by atoms with Crippen LogP contribution in [0.5, 0.6) is 0 Å². The number of hydrogen-bond donors (Lipinski definition) is 2. The van der Waals surface area contributed by atoms with Crippen molar-refractivity contribution in [3.63, 3.8) is 0 Å². The second-order valence-electron chi connectivity index (χ2n) is 4.01. The maximum Gasteiger partial charge on any atom is 0.251 e. The number of benzene rings is 1. The summed E-state index contributed by atoms with van der Waals surface area (Å²) in [5.74, 6) is 0.0177. The number of hydrogen-bond acceptors (Lipinski definition) is 2. The molecule has 17 heavy (non-hydrogen) atoms. The molecule has 0 radical (unpaired) electrons. The molecule has 0 aliphatic heterocycles. The van der Waals surface area contributed by atoms with E-state index >= 15 is 0 Å². The first-order valence-corrected chi connectivity index (χ1v) is 6.35. The fraction of sp³-hybridized carbons (Fsp3) is 0.500. The molecule has 0 saturated heterocycles. The molecule has 0 saturated carbocycles. The highest BCUT2D eigenvalue weighted by molar-refractivity contribution is 5.94. The van der Waals surface area contributed by atoms with Crippen LogP contribution in [0.4, 0.5) is 0 Å². The summed E-state index contributed by atoms with van der Waals surface area (Å²) in [5, 5.41) is 6.14. The fourth-order valence-electron chi connectivity index (χ4n) is 1.59. The number of amides is 1. The zero-order chi connectivity index (χ0) is 12.5. The third-order valence-corrected chi connectivity index (χ3v) is 2.69. The molecule has 1 aromatic rings. The molecule has 94 valence electrons. The van der Waals surface area contributed by atoms with Crippen LogP contribution in [-0.4, -0.2) is 25.5 Å². The molecule has 0 bridgehead atoms. The zero-order valence-electron chi connectivity index (χ0n) is 10.8. The first kappa shape index (κ1) is 13.7. The number of aryl methyl sites for hydroxylation is 1. The van der Waals surface area contributed by atoms with E-state index in [0.29, 0.717) is 0 Å². The Hall–Kier alpha value is -1.35. The van der Waals surface area contributed by atoms with Gasteiger partial charge in [0.05, 0.1) is 0 Å². The van der Waals surface area contributed by atoms with Gasteiger partial charge in [-0.2, -0.15) is 0 Å². The SMILES string of the molecule is CCNCCCNC(=O)c1ccc(CC)cc1. The molecule has 3 nitrogen and oxygen atoms in total. The predicted molar refractivity (Wildman–Crippen MR) is 71.3 cm³/mol. The molecule has 0 aromatic heterocycles. The van der Waals surface area contributed by atoms with Gasteiger partial charge in [0.25, 0.3) is 5.91 Å². The maximum absolute atomic E-state index is 11.7. The van der Waals surface area contributed by atoms with Gasteiger partial charge in [0.15, 0.2) is 0 Å². The van der Waals surface area contributed by atoms with Crippen molar-refractivity contribution in [3.8, 4) is 0 Å². The topological polar surface area (TPSA) is 41.1 Å². The van der Waals surface area contributed by atoms with E-state index in [-0.39, 0.29) is 5.91 Å². The van der Waals surface area contributed by atoms with Gasteiger partial charge in [-0.3, -0.25) is 4.79 Å². The van der Waals surface area contributed by atoms with Gasteiger partial charge in [0, 0.05) is 12.1 Å². The van der Waals surface area contributed by atoms with Gasteiger partial charge < -0.3 is 10.6 Å². The molecule has 1 amide bonds. The standard InChI is InChI=1S/C14H22N2O/c1-3-12-6-8-13(9-7-12)14(17)16-11-5-10-15-4-2/h6-9,15H,3-5,10-11H2,1-2H3,(H,16,17). The Kier molecular flexibility index (Phi) is 6.33. The molecule has 1 aromatic carbocycles. The summed E-state index contributed by atoms with van der Waals surface area (Å²) < 4.78 is 0.